The van der Waals surface area contributed by atoms with Crippen molar-refractivity contribution in [3.8, 4) is 0 Å². The van der Waals surface area contributed by atoms with Gasteiger partial charge in [0.2, 0.25) is 0 Å². The molecule has 0 bridgehead atoms. The molecule has 2 nitrogen and oxygen atoms in total. The predicted molar refractivity (Wildman–Crippen MR) is 46.2 cm³/mol. The van der Waals surface area contributed by atoms with Crippen molar-refractivity contribution in [3.63, 3.8) is 0 Å². The number of nitrogens with one attached hydrogen (secondary N) is 2. The number of rotatable bonds is 1. The van der Waals surface area contributed by atoms with Crippen LogP contribution in [0.1, 0.15) is 13.3 Å². The zero-order chi connectivity index (χ0) is 7.68. The van der Waals surface area contributed by atoms with E-state index in [-0.39, 0.29) is 0 Å². The molecule has 1 aliphatic carbocycles. The SMILES string of the molecule is CCC1=CC2NCNC2C=C1. The lowest BCUT2D eigenvalue weighted by molar-refractivity contribution is 0.667. The van der Waals surface area contributed by atoms with Crippen LogP contribution in [0, 0.1) is 0 Å². The summed E-state index contributed by atoms with van der Waals surface area (Å²) in [7, 11) is 0. The van der Waals surface area contributed by atoms with E-state index in [1.54, 1.807) is 0 Å². The van der Waals surface area contributed by atoms with Crippen LogP contribution in [0.25, 0.3) is 0 Å². The van der Waals surface area contributed by atoms with Crippen LogP contribution in [-0.4, -0.2) is 18.8 Å². The largest absolute Gasteiger partial charge is 0.296 e. The van der Waals surface area contributed by atoms with Crippen molar-refractivity contribution in [2.24, 2.45) is 0 Å². The second-order valence-corrected chi connectivity index (χ2v) is 3.09. The van der Waals surface area contributed by atoms with Gasteiger partial charge in [-0.25, -0.2) is 0 Å². The zero-order valence-electron chi connectivity index (χ0n) is 6.80. The Labute approximate surface area is 67.4 Å². The van der Waals surface area contributed by atoms with Crippen molar-refractivity contribution >= 4 is 0 Å². The molecular weight excluding hydrogens is 136 g/mol. The quantitative estimate of drug-likeness (QED) is 0.577. The molecule has 0 spiro atoms. The molecular formula is C9H14N2. The van der Waals surface area contributed by atoms with Gasteiger partial charge in [-0.3, -0.25) is 10.6 Å². The molecule has 2 N–H and O–H groups in total. The first-order valence-corrected chi connectivity index (χ1v) is 4.26. The monoisotopic (exact) mass is 150 g/mol. The van der Waals surface area contributed by atoms with Gasteiger partial charge in [0, 0.05) is 18.8 Å². The zero-order valence-corrected chi connectivity index (χ0v) is 6.80. The Morgan fingerprint density at radius 2 is 2.27 bits per heavy atom. The number of fused-ring (bicyclic) bond motifs is 1. The van der Waals surface area contributed by atoms with Gasteiger partial charge in [0.15, 0.2) is 0 Å². The Hall–Kier alpha value is -0.600. The van der Waals surface area contributed by atoms with E-state index >= 15 is 0 Å². The first kappa shape index (κ1) is 7.07. The van der Waals surface area contributed by atoms with Crippen molar-refractivity contribution < 1.29 is 0 Å². The molecule has 1 saturated heterocycles. The molecule has 2 aliphatic rings. The van der Waals surface area contributed by atoms with Crippen LogP contribution in [-0.2, 0) is 0 Å². The van der Waals surface area contributed by atoms with E-state index in [2.05, 4.69) is 35.8 Å². The fourth-order valence-corrected chi connectivity index (χ4v) is 1.65. The van der Waals surface area contributed by atoms with E-state index in [9.17, 15) is 0 Å². The normalized spacial score (nSPS) is 35.2. The van der Waals surface area contributed by atoms with E-state index in [1.807, 2.05) is 0 Å². The molecule has 0 aromatic carbocycles. The lowest BCUT2D eigenvalue weighted by Gasteiger charge is -2.17. The summed E-state index contributed by atoms with van der Waals surface area (Å²) in [6, 6.07) is 1.07. The summed E-state index contributed by atoms with van der Waals surface area (Å²) in [5, 5.41) is 6.74. The van der Waals surface area contributed by atoms with Crippen LogP contribution in [0.15, 0.2) is 23.8 Å². The first-order valence-electron chi connectivity index (χ1n) is 4.26. The predicted octanol–water partition coefficient (Wildman–Crippen LogP) is 0.780. The fourth-order valence-electron chi connectivity index (χ4n) is 1.65. The van der Waals surface area contributed by atoms with Crippen LogP contribution in [0.5, 0.6) is 0 Å². The van der Waals surface area contributed by atoms with Crippen molar-refractivity contribution in [2.45, 2.75) is 25.4 Å². The van der Waals surface area contributed by atoms with E-state index in [0.717, 1.165) is 13.1 Å². The van der Waals surface area contributed by atoms with Crippen molar-refractivity contribution in [2.75, 3.05) is 6.67 Å². The average molecular weight is 150 g/mol. The summed E-state index contributed by atoms with van der Waals surface area (Å²) < 4.78 is 0. The maximum absolute atomic E-state index is 3.38. The Kier molecular flexibility index (Phi) is 1.80. The highest BCUT2D eigenvalue weighted by molar-refractivity contribution is 5.30. The highest BCUT2D eigenvalue weighted by Crippen LogP contribution is 2.15. The van der Waals surface area contributed by atoms with Crippen LogP contribution < -0.4 is 10.6 Å². The summed E-state index contributed by atoms with van der Waals surface area (Å²) in [6.45, 7) is 3.13. The molecule has 1 heterocycles. The van der Waals surface area contributed by atoms with E-state index < -0.39 is 0 Å². The van der Waals surface area contributed by atoms with Gasteiger partial charge in [0.05, 0.1) is 0 Å². The lowest BCUT2D eigenvalue weighted by Crippen LogP contribution is -2.31. The van der Waals surface area contributed by atoms with Gasteiger partial charge < -0.3 is 0 Å². The van der Waals surface area contributed by atoms with Gasteiger partial charge in [0.1, 0.15) is 0 Å². The molecule has 0 saturated carbocycles. The summed E-state index contributed by atoms with van der Waals surface area (Å²) in [4.78, 5) is 0. The topological polar surface area (TPSA) is 24.1 Å². The van der Waals surface area contributed by atoms with Crippen molar-refractivity contribution in [3.05, 3.63) is 23.8 Å². The summed E-state index contributed by atoms with van der Waals surface area (Å²) in [5.41, 5.74) is 1.45. The molecule has 2 heteroatoms. The summed E-state index contributed by atoms with van der Waals surface area (Å²) >= 11 is 0. The number of allylic oxidation sites excluding steroid dienone is 2. The second-order valence-electron chi connectivity index (χ2n) is 3.09. The Balaban J connectivity index is 2.14. The molecule has 0 aromatic heterocycles. The van der Waals surface area contributed by atoms with Crippen molar-refractivity contribution in [1.29, 1.82) is 0 Å². The third kappa shape index (κ3) is 1.24. The molecule has 60 valence electrons. The van der Waals surface area contributed by atoms with E-state index in [1.165, 1.54) is 5.57 Å². The van der Waals surface area contributed by atoms with Gasteiger partial charge in [-0.05, 0) is 6.42 Å². The van der Waals surface area contributed by atoms with Crippen LogP contribution >= 0.6 is 0 Å². The smallest absolute Gasteiger partial charge is 0.0464 e. The third-order valence-electron chi connectivity index (χ3n) is 2.38. The van der Waals surface area contributed by atoms with Crippen LogP contribution in [0.2, 0.25) is 0 Å². The minimum atomic E-state index is 0.533. The summed E-state index contributed by atoms with van der Waals surface area (Å²) in [5.74, 6) is 0. The Morgan fingerprint density at radius 1 is 1.45 bits per heavy atom. The average Bonchev–Trinajstić information content (AvgIpc) is 2.50. The minimum Gasteiger partial charge on any atom is -0.296 e. The molecule has 2 atom stereocenters. The van der Waals surface area contributed by atoms with Gasteiger partial charge in [-0.2, -0.15) is 0 Å². The fraction of sp³-hybridized carbons (Fsp3) is 0.556. The van der Waals surface area contributed by atoms with Gasteiger partial charge in [-0.15, -0.1) is 0 Å². The number of hydrogen-bond donors (Lipinski definition) is 2. The minimum absolute atomic E-state index is 0.533. The molecule has 1 aliphatic heterocycles. The van der Waals surface area contributed by atoms with Crippen LogP contribution in [0.4, 0.5) is 0 Å². The van der Waals surface area contributed by atoms with Gasteiger partial charge in [-0.1, -0.05) is 30.7 Å². The van der Waals surface area contributed by atoms with Gasteiger partial charge >= 0.3 is 0 Å². The van der Waals surface area contributed by atoms with Crippen molar-refractivity contribution in [1.82, 2.24) is 10.6 Å². The molecule has 2 unspecified atom stereocenters. The molecule has 0 radical (unpaired) electrons. The maximum Gasteiger partial charge on any atom is 0.0464 e. The van der Waals surface area contributed by atoms with E-state index in [0.29, 0.717) is 12.1 Å². The van der Waals surface area contributed by atoms with Gasteiger partial charge in [0.25, 0.3) is 0 Å². The molecule has 1 fully saturated rings. The number of hydrogen-bond acceptors (Lipinski definition) is 2. The molecule has 2 rings (SSSR count). The summed E-state index contributed by atoms with van der Waals surface area (Å²) in [6.07, 6.45) is 7.94. The highest BCUT2D eigenvalue weighted by atomic mass is 15.2. The Morgan fingerprint density at radius 3 is 3.09 bits per heavy atom. The van der Waals surface area contributed by atoms with Crippen LogP contribution in [0.3, 0.4) is 0 Å². The second kappa shape index (κ2) is 2.80. The standard InChI is InChI=1S/C9H14N2/c1-2-7-3-4-8-9(5-7)11-6-10-8/h3-5,8-11H,2,6H2,1H3. The molecule has 0 aromatic rings. The molecule has 11 heavy (non-hydrogen) atoms. The Bertz CT molecular complexity index is 206. The maximum atomic E-state index is 3.38. The molecule has 0 amide bonds. The lowest BCUT2D eigenvalue weighted by atomic mass is 9.98. The highest BCUT2D eigenvalue weighted by Gasteiger charge is 2.23. The first-order chi connectivity index (χ1) is 5.40. The van der Waals surface area contributed by atoms with E-state index in [4.69, 9.17) is 0 Å². The third-order valence-corrected chi connectivity index (χ3v) is 2.38.